The molecule has 0 aliphatic heterocycles. The van der Waals surface area contributed by atoms with Crippen molar-refractivity contribution in [2.75, 3.05) is 0 Å². The molecule has 1 N–H and O–H groups in total. The first kappa shape index (κ1) is 13.0. The largest absolute Gasteiger partial charge is 0.388 e. The summed E-state index contributed by atoms with van der Waals surface area (Å²) in [5, 5.41) is 28.4. The van der Waals surface area contributed by atoms with E-state index in [1.54, 1.807) is 6.07 Å². The van der Waals surface area contributed by atoms with Crippen molar-refractivity contribution in [3.63, 3.8) is 0 Å². The van der Waals surface area contributed by atoms with E-state index in [1.807, 2.05) is 4.57 Å². The second-order valence-electron chi connectivity index (χ2n) is 4.65. The number of aromatic nitrogens is 3. The number of nitrogens with zero attached hydrogens (tertiary/aromatic N) is 4. The van der Waals surface area contributed by atoms with Crippen LogP contribution in [0.25, 0.3) is 11.4 Å². The highest BCUT2D eigenvalue weighted by Gasteiger charge is 2.30. The second kappa shape index (κ2) is 4.84. The summed E-state index contributed by atoms with van der Waals surface area (Å²) in [5.74, 6) is 0.965. The van der Waals surface area contributed by atoms with Gasteiger partial charge in [0.15, 0.2) is 11.6 Å². The van der Waals surface area contributed by atoms with Gasteiger partial charge in [0.2, 0.25) is 0 Å². The minimum absolute atomic E-state index is 0.0941. The summed E-state index contributed by atoms with van der Waals surface area (Å²) in [5.41, 5.74) is 0.437. The molecule has 1 aromatic carbocycles. The molecule has 1 aliphatic carbocycles. The first-order valence-electron chi connectivity index (χ1n) is 6.10. The second-order valence-corrected chi connectivity index (χ2v) is 5.09. The molecule has 2 aromatic rings. The fourth-order valence-electron chi connectivity index (χ4n) is 2.15. The Labute approximate surface area is 119 Å². The molecular weight excluding hydrogens is 284 g/mol. The molecule has 8 heteroatoms. The highest BCUT2D eigenvalue weighted by Crippen LogP contribution is 2.39. The number of nitro groups is 1. The molecule has 1 aromatic heterocycles. The summed E-state index contributed by atoms with van der Waals surface area (Å²) in [6, 6.07) is 4.56. The maximum Gasteiger partial charge on any atom is 0.271 e. The smallest absolute Gasteiger partial charge is 0.271 e. The van der Waals surface area contributed by atoms with E-state index in [-0.39, 0.29) is 23.4 Å². The number of aliphatic hydroxyl groups is 1. The fraction of sp³-hybridized carbons (Fsp3) is 0.333. The summed E-state index contributed by atoms with van der Waals surface area (Å²) in [6.45, 7) is -0.216. The topological polar surface area (TPSA) is 94.1 Å². The van der Waals surface area contributed by atoms with Crippen molar-refractivity contribution in [2.45, 2.75) is 25.5 Å². The maximum absolute atomic E-state index is 10.9. The fourth-order valence-corrected chi connectivity index (χ4v) is 2.38. The summed E-state index contributed by atoms with van der Waals surface area (Å²) in [6.07, 6.45) is 1.97. The molecule has 1 saturated carbocycles. The van der Waals surface area contributed by atoms with Crippen LogP contribution in [-0.2, 0) is 6.61 Å². The van der Waals surface area contributed by atoms with E-state index in [0.29, 0.717) is 17.2 Å². The van der Waals surface area contributed by atoms with Crippen LogP contribution in [0, 0.1) is 10.1 Å². The summed E-state index contributed by atoms with van der Waals surface area (Å²) >= 11 is 5.92. The third-order valence-electron chi connectivity index (χ3n) is 3.17. The van der Waals surface area contributed by atoms with Gasteiger partial charge >= 0.3 is 0 Å². The minimum Gasteiger partial charge on any atom is -0.388 e. The van der Waals surface area contributed by atoms with Crippen molar-refractivity contribution in [3.8, 4) is 11.4 Å². The number of hydrogen-bond donors (Lipinski definition) is 1. The Morgan fingerprint density at radius 2 is 2.15 bits per heavy atom. The molecule has 0 atom stereocenters. The average molecular weight is 295 g/mol. The number of halogens is 1. The van der Waals surface area contributed by atoms with Crippen molar-refractivity contribution >= 4 is 17.3 Å². The van der Waals surface area contributed by atoms with Crippen LogP contribution >= 0.6 is 11.6 Å². The molecule has 1 aliphatic rings. The summed E-state index contributed by atoms with van der Waals surface area (Å²) < 4.78 is 1.83. The lowest BCUT2D eigenvalue weighted by Gasteiger charge is -2.08. The summed E-state index contributed by atoms with van der Waals surface area (Å²) in [7, 11) is 0. The number of hydrogen-bond acceptors (Lipinski definition) is 5. The Hall–Kier alpha value is -1.99. The van der Waals surface area contributed by atoms with E-state index in [4.69, 9.17) is 11.6 Å². The molecule has 1 fully saturated rings. The van der Waals surface area contributed by atoms with Gasteiger partial charge in [0.05, 0.1) is 4.92 Å². The number of nitro benzene ring substituents is 1. The third kappa shape index (κ3) is 2.25. The first-order chi connectivity index (χ1) is 9.60. The molecule has 20 heavy (non-hydrogen) atoms. The number of rotatable bonds is 4. The molecule has 0 amide bonds. The van der Waals surface area contributed by atoms with Crippen molar-refractivity contribution in [2.24, 2.45) is 0 Å². The van der Waals surface area contributed by atoms with E-state index in [1.165, 1.54) is 12.1 Å². The van der Waals surface area contributed by atoms with E-state index in [0.717, 1.165) is 12.8 Å². The van der Waals surface area contributed by atoms with E-state index in [9.17, 15) is 15.2 Å². The lowest BCUT2D eigenvalue weighted by molar-refractivity contribution is -0.384. The molecule has 1 heterocycles. The number of aliphatic hydroxyl groups excluding tert-OH is 1. The first-order valence-corrected chi connectivity index (χ1v) is 6.48. The van der Waals surface area contributed by atoms with E-state index in [2.05, 4.69) is 10.2 Å². The lowest BCUT2D eigenvalue weighted by Crippen LogP contribution is -2.03. The third-order valence-corrected chi connectivity index (χ3v) is 3.39. The SMILES string of the molecule is O=[N+]([O-])c1cc(Cl)cc(-c2nnc(CO)n2C2CC2)c1. The average Bonchev–Trinajstić information content (AvgIpc) is 3.16. The zero-order chi connectivity index (χ0) is 14.3. The van der Waals surface area contributed by atoms with Crippen molar-refractivity contribution in [3.05, 3.63) is 39.2 Å². The van der Waals surface area contributed by atoms with Crippen molar-refractivity contribution in [1.29, 1.82) is 0 Å². The Balaban J connectivity index is 2.13. The van der Waals surface area contributed by atoms with E-state index >= 15 is 0 Å². The molecular formula is C12H11ClN4O3. The van der Waals surface area contributed by atoms with Crippen LogP contribution in [0.5, 0.6) is 0 Å². The van der Waals surface area contributed by atoms with Crippen molar-refractivity contribution in [1.82, 2.24) is 14.8 Å². The Morgan fingerprint density at radius 1 is 1.40 bits per heavy atom. The predicted molar refractivity (Wildman–Crippen MR) is 71.3 cm³/mol. The van der Waals surface area contributed by atoms with Crippen LogP contribution in [0.2, 0.25) is 5.02 Å². The van der Waals surface area contributed by atoms with Crippen LogP contribution in [0.1, 0.15) is 24.7 Å². The summed E-state index contributed by atoms with van der Waals surface area (Å²) in [4.78, 5) is 10.4. The maximum atomic E-state index is 10.9. The molecule has 7 nitrogen and oxygen atoms in total. The van der Waals surface area contributed by atoms with Gasteiger partial charge in [-0.3, -0.25) is 10.1 Å². The number of benzene rings is 1. The van der Waals surface area contributed by atoms with Gasteiger partial charge in [0, 0.05) is 28.8 Å². The normalized spacial score (nSPS) is 14.5. The van der Waals surface area contributed by atoms with Gasteiger partial charge in [-0.2, -0.15) is 0 Å². The molecule has 0 bridgehead atoms. The zero-order valence-electron chi connectivity index (χ0n) is 10.4. The highest BCUT2D eigenvalue weighted by molar-refractivity contribution is 6.31. The van der Waals surface area contributed by atoms with Gasteiger partial charge in [-0.1, -0.05) is 11.6 Å². The van der Waals surface area contributed by atoms with E-state index < -0.39 is 4.92 Å². The Morgan fingerprint density at radius 3 is 2.75 bits per heavy atom. The molecule has 104 valence electrons. The van der Waals surface area contributed by atoms with Crippen LogP contribution in [0.15, 0.2) is 18.2 Å². The van der Waals surface area contributed by atoms with Crippen LogP contribution < -0.4 is 0 Å². The van der Waals surface area contributed by atoms with Gasteiger partial charge in [-0.15, -0.1) is 10.2 Å². The van der Waals surface area contributed by atoms with Crippen molar-refractivity contribution < 1.29 is 10.0 Å². The van der Waals surface area contributed by atoms with Gasteiger partial charge in [0.1, 0.15) is 6.61 Å². The lowest BCUT2D eigenvalue weighted by atomic mass is 10.2. The molecule has 0 radical (unpaired) electrons. The van der Waals surface area contributed by atoms with Gasteiger partial charge in [0.25, 0.3) is 5.69 Å². The van der Waals surface area contributed by atoms with Gasteiger partial charge < -0.3 is 9.67 Å². The molecule has 3 rings (SSSR count). The zero-order valence-corrected chi connectivity index (χ0v) is 11.1. The van der Waals surface area contributed by atoms with Crippen LogP contribution in [-0.4, -0.2) is 24.8 Å². The monoisotopic (exact) mass is 294 g/mol. The Kier molecular flexibility index (Phi) is 3.15. The van der Waals surface area contributed by atoms with Crippen LogP contribution in [0.3, 0.4) is 0 Å². The highest BCUT2D eigenvalue weighted by atomic mass is 35.5. The standard InChI is InChI=1S/C12H11ClN4O3/c13-8-3-7(4-10(5-8)17(19)20)12-15-14-11(6-18)16(12)9-1-2-9/h3-5,9,18H,1-2,6H2. The Bertz CT molecular complexity index is 681. The molecule has 0 saturated heterocycles. The number of non-ortho nitro benzene ring substituents is 1. The van der Waals surface area contributed by atoms with Gasteiger partial charge in [-0.25, -0.2) is 0 Å². The van der Waals surface area contributed by atoms with Crippen LogP contribution in [0.4, 0.5) is 5.69 Å². The molecule has 0 unspecified atom stereocenters. The molecule has 0 spiro atoms. The van der Waals surface area contributed by atoms with Gasteiger partial charge in [-0.05, 0) is 18.9 Å². The quantitative estimate of drug-likeness (QED) is 0.690. The predicted octanol–water partition coefficient (Wildman–Crippen LogP) is 2.33. The minimum atomic E-state index is -0.500.